The van der Waals surface area contributed by atoms with Crippen LogP contribution in [0.1, 0.15) is 54.4 Å². The molecular formula is C32H42Cl2N4O3. The van der Waals surface area contributed by atoms with E-state index in [2.05, 4.69) is 15.1 Å². The van der Waals surface area contributed by atoms with Gasteiger partial charge in [-0.3, -0.25) is 14.5 Å². The highest BCUT2D eigenvalue weighted by Gasteiger charge is 2.46. The average Bonchev–Trinajstić information content (AvgIpc) is 3.02. The number of ether oxygens (including phenoxy) is 1. The van der Waals surface area contributed by atoms with Crippen LogP contribution < -0.4 is 5.32 Å². The van der Waals surface area contributed by atoms with Crippen molar-refractivity contribution >= 4 is 34.9 Å². The first kappa shape index (κ1) is 30.5. The molecule has 41 heavy (non-hydrogen) atoms. The zero-order valence-electron chi connectivity index (χ0n) is 24.0. The van der Waals surface area contributed by atoms with Crippen molar-refractivity contribution in [2.24, 2.45) is 0 Å². The summed E-state index contributed by atoms with van der Waals surface area (Å²) in [6.07, 6.45) is 5.96. The van der Waals surface area contributed by atoms with Gasteiger partial charge in [0.2, 0.25) is 0 Å². The van der Waals surface area contributed by atoms with Crippen molar-refractivity contribution in [2.45, 2.75) is 49.7 Å². The SMILES string of the molecule is CNCC(=O)C1(N2CCCCC2)CCN(CCC2(c3ccc(Cl)c(Cl)c3)CN(C(=O)c3ccccc3)CCO2)CC1. The van der Waals surface area contributed by atoms with Gasteiger partial charge >= 0.3 is 0 Å². The zero-order valence-corrected chi connectivity index (χ0v) is 25.6. The van der Waals surface area contributed by atoms with Crippen LogP contribution >= 0.6 is 23.2 Å². The highest BCUT2D eigenvalue weighted by molar-refractivity contribution is 6.42. The van der Waals surface area contributed by atoms with E-state index in [0.717, 1.165) is 51.1 Å². The number of amides is 1. The maximum atomic E-state index is 13.5. The van der Waals surface area contributed by atoms with Crippen LogP contribution in [0.3, 0.4) is 0 Å². The Morgan fingerprint density at radius 2 is 1.66 bits per heavy atom. The molecule has 0 bridgehead atoms. The number of nitrogens with zero attached hydrogens (tertiary/aromatic N) is 3. The summed E-state index contributed by atoms with van der Waals surface area (Å²) in [6.45, 7) is 6.35. The molecule has 222 valence electrons. The fourth-order valence-electron chi connectivity index (χ4n) is 6.87. The molecule has 2 aromatic rings. The number of nitrogens with one attached hydrogen (secondary N) is 1. The third-order valence-corrected chi connectivity index (χ3v) is 10.0. The van der Waals surface area contributed by atoms with Crippen molar-refractivity contribution in [3.05, 3.63) is 69.7 Å². The summed E-state index contributed by atoms with van der Waals surface area (Å²) < 4.78 is 6.57. The topological polar surface area (TPSA) is 65.1 Å². The molecule has 5 rings (SSSR count). The van der Waals surface area contributed by atoms with Crippen molar-refractivity contribution in [2.75, 3.05) is 66.0 Å². The van der Waals surface area contributed by atoms with Gasteiger partial charge in [-0.1, -0.05) is 53.9 Å². The molecule has 3 aliphatic rings. The van der Waals surface area contributed by atoms with Gasteiger partial charge < -0.3 is 19.9 Å². The molecule has 0 radical (unpaired) electrons. The molecule has 3 fully saturated rings. The Bertz CT molecular complexity index is 1200. The molecule has 1 unspecified atom stereocenters. The van der Waals surface area contributed by atoms with Gasteiger partial charge in [0.25, 0.3) is 5.91 Å². The quantitative estimate of drug-likeness (QED) is 0.443. The highest BCUT2D eigenvalue weighted by Crippen LogP contribution is 2.38. The number of carbonyl (C=O) groups excluding carboxylic acids is 2. The van der Waals surface area contributed by atoms with E-state index in [4.69, 9.17) is 27.9 Å². The van der Waals surface area contributed by atoms with Gasteiger partial charge in [0.1, 0.15) is 5.60 Å². The maximum absolute atomic E-state index is 13.5. The Balaban J connectivity index is 1.33. The molecule has 3 heterocycles. The first-order valence-corrected chi connectivity index (χ1v) is 15.7. The molecule has 7 nitrogen and oxygen atoms in total. The Labute approximate surface area is 254 Å². The highest BCUT2D eigenvalue weighted by atomic mass is 35.5. The summed E-state index contributed by atoms with van der Waals surface area (Å²) in [7, 11) is 1.86. The number of hydrogen-bond donors (Lipinski definition) is 1. The predicted octanol–water partition coefficient (Wildman–Crippen LogP) is 4.86. The predicted molar refractivity (Wildman–Crippen MR) is 164 cm³/mol. The van der Waals surface area contributed by atoms with Crippen LogP contribution in [0, 0.1) is 0 Å². The minimum atomic E-state index is -0.708. The lowest BCUT2D eigenvalue weighted by atomic mass is 9.80. The number of benzene rings is 2. The van der Waals surface area contributed by atoms with E-state index in [-0.39, 0.29) is 11.4 Å². The second-order valence-corrected chi connectivity index (χ2v) is 12.5. The van der Waals surface area contributed by atoms with E-state index in [9.17, 15) is 9.59 Å². The standard InChI is InChI=1S/C32H42Cl2N4O3/c1-35-23-29(39)31(38-15-6-3-7-16-38)12-17-36(18-13-31)19-14-32(26-10-11-27(33)28(34)22-26)24-37(20-21-41-32)30(40)25-8-4-2-5-9-25/h2,4-5,8-11,22,35H,3,6-7,12-21,23-24H2,1H3. The van der Waals surface area contributed by atoms with Gasteiger partial charge in [-0.05, 0) is 82.1 Å². The first-order chi connectivity index (χ1) is 19.9. The number of likely N-dealkylation sites (N-methyl/N-ethyl adjacent to an activating group) is 1. The number of piperidine rings is 2. The summed E-state index contributed by atoms with van der Waals surface area (Å²) in [6, 6.07) is 15.1. The lowest BCUT2D eigenvalue weighted by Crippen LogP contribution is -2.63. The van der Waals surface area contributed by atoms with Crippen LogP contribution in [0.5, 0.6) is 0 Å². The van der Waals surface area contributed by atoms with Crippen molar-refractivity contribution in [3.63, 3.8) is 0 Å². The van der Waals surface area contributed by atoms with E-state index in [1.807, 2.05) is 60.5 Å². The number of ketones is 1. The number of halogens is 2. The maximum Gasteiger partial charge on any atom is 0.254 e. The van der Waals surface area contributed by atoms with Crippen LogP contribution in [0.4, 0.5) is 0 Å². The molecule has 2 aromatic carbocycles. The second kappa shape index (κ2) is 13.5. The first-order valence-electron chi connectivity index (χ1n) is 15.0. The number of rotatable bonds is 9. The Hall–Kier alpha value is -2.00. The van der Waals surface area contributed by atoms with E-state index in [0.29, 0.717) is 54.1 Å². The summed E-state index contributed by atoms with van der Waals surface area (Å²) >= 11 is 12.8. The summed E-state index contributed by atoms with van der Waals surface area (Å²) in [5.74, 6) is 0.324. The molecule has 3 saturated heterocycles. The fourth-order valence-corrected chi connectivity index (χ4v) is 7.17. The number of Topliss-reactive ketones (excluding diaryl/α,β-unsaturated/α-hetero) is 1. The van der Waals surface area contributed by atoms with Crippen LogP contribution in [-0.4, -0.2) is 97.9 Å². The van der Waals surface area contributed by atoms with Crippen molar-refractivity contribution in [1.29, 1.82) is 0 Å². The number of carbonyl (C=O) groups is 2. The van der Waals surface area contributed by atoms with Crippen LogP contribution in [0.15, 0.2) is 48.5 Å². The lowest BCUT2D eigenvalue weighted by Gasteiger charge is -2.50. The van der Waals surface area contributed by atoms with E-state index in [1.54, 1.807) is 0 Å². The molecule has 0 aromatic heterocycles. The molecule has 1 atom stereocenters. The van der Waals surface area contributed by atoms with Gasteiger partial charge in [-0.15, -0.1) is 0 Å². The molecule has 0 spiro atoms. The Morgan fingerprint density at radius 1 is 0.927 bits per heavy atom. The number of likely N-dealkylation sites (tertiary alicyclic amines) is 2. The van der Waals surface area contributed by atoms with Crippen molar-refractivity contribution in [3.8, 4) is 0 Å². The number of morpholine rings is 1. The molecule has 1 N–H and O–H groups in total. The number of hydrogen-bond acceptors (Lipinski definition) is 6. The van der Waals surface area contributed by atoms with Gasteiger partial charge in [0.05, 0.1) is 35.3 Å². The summed E-state index contributed by atoms with van der Waals surface area (Å²) in [5, 5.41) is 4.08. The van der Waals surface area contributed by atoms with E-state index in [1.165, 1.54) is 19.3 Å². The molecule has 3 aliphatic heterocycles. The average molecular weight is 602 g/mol. The van der Waals surface area contributed by atoms with E-state index >= 15 is 0 Å². The lowest BCUT2D eigenvalue weighted by molar-refractivity contribution is -0.136. The fraction of sp³-hybridized carbons (Fsp3) is 0.562. The monoisotopic (exact) mass is 600 g/mol. The normalized spacial score (nSPS) is 23.8. The molecule has 9 heteroatoms. The van der Waals surface area contributed by atoms with Crippen LogP contribution in [0.2, 0.25) is 10.0 Å². The largest absolute Gasteiger partial charge is 0.367 e. The van der Waals surface area contributed by atoms with E-state index < -0.39 is 5.60 Å². The van der Waals surface area contributed by atoms with Crippen LogP contribution in [-0.2, 0) is 15.1 Å². The van der Waals surface area contributed by atoms with Gasteiger partial charge in [-0.25, -0.2) is 0 Å². The third kappa shape index (κ3) is 6.66. The Kier molecular flexibility index (Phi) is 10.1. The zero-order chi connectivity index (χ0) is 28.9. The van der Waals surface area contributed by atoms with Gasteiger partial charge in [-0.2, -0.15) is 0 Å². The summed E-state index contributed by atoms with van der Waals surface area (Å²) in [5.41, 5.74) is 0.525. The molecule has 0 saturated carbocycles. The molecular weight excluding hydrogens is 559 g/mol. The summed E-state index contributed by atoms with van der Waals surface area (Å²) in [4.78, 5) is 33.7. The minimum absolute atomic E-state index is 0.00525. The second-order valence-electron chi connectivity index (χ2n) is 11.7. The molecule has 0 aliphatic carbocycles. The van der Waals surface area contributed by atoms with Gasteiger partial charge in [0, 0.05) is 31.7 Å². The smallest absolute Gasteiger partial charge is 0.254 e. The Morgan fingerprint density at radius 3 is 2.34 bits per heavy atom. The minimum Gasteiger partial charge on any atom is -0.367 e. The molecule has 1 amide bonds. The van der Waals surface area contributed by atoms with Gasteiger partial charge in [0.15, 0.2) is 5.78 Å². The van der Waals surface area contributed by atoms with Crippen molar-refractivity contribution in [1.82, 2.24) is 20.0 Å². The third-order valence-electron chi connectivity index (χ3n) is 9.27. The van der Waals surface area contributed by atoms with Crippen LogP contribution in [0.25, 0.3) is 0 Å². The van der Waals surface area contributed by atoms with Crippen molar-refractivity contribution < 1.29 is 14.3 Å².